The van der Waals surface area contributed by atoms with Gasteiger partial charge in [-0.1, -0.05) is 13.3 Å². The lowest BCUT2D eigenvalue weighted by Gasteiger charge is -2.08. The molecule has 0 saturated heterocycles. The predicted molar refractivity (Wildman–Crippen MR) is 136 cm³/mol. The third kappa shape index (κ3) is 7.75. The van der Waals surface area contributed by atoms with Crippen LogP contribution in [0, 0.1) is 0 Å². The van der Waals surface area contributed by atoms with Crippen LogP contribution in [0.3, 0.4) is 0 Å². The van der Waals surface area contributed by atoms with Crippen molar-refractivity contribution in [3.8, 4) is 0 Å². The largest absolute Gasteiger partial charge is 0.370 e. The van der Waals surface area contributed by atoms with Crippen molar-refractivity contribution in [2.75, 3.05) is 17.6 Å². The molecule has 3 aromatic rings. The first-order valence-electron chi connectivity index (χ1n) is 10.6. The molecule has 0 aliphatic rings. The first kappa shape index (κ1) is 24.5. The Morgan fingerprint density at radius 1 is 1.36 bits per heavy atom. The molecule has 3 heterocycles. The molecule has 0 amide bonds. The van der Waals surface area contributed by atoms with Gasteiger partial charge < -0.3 is 21.4 Å². The van der Waals surface area contributed by atoms with E-state index in [4.69, 9.17) is 11.5 Å². The van der Waals surface area contributed by atoms with Crippen LogP contribution in [0.4, 0.5) is 11.1 Å². The van der Waals surface area contributed by atoms with Gasteiger partial charge in [0, 0.05) is 60.4 Å². The van der Waals surface area contributed by atoms with Crippen molar-refractivity contribution in [2.24, 2.45) is 16.5 Å². The zero-order valence-electron chi connectivity index (χ0n) is 18.4. The standard InChI is InChI=1S/C21H28N8O2S2/c1-2-3-6-29-7-4-14(10-17(29)30)9-15-11-25-20(27-18(15)31)24-5-8-32-12-16-13-33-21(26-16)28-19(22)23/h4,7,10-11,13H,2-3,5-6,8-9,12H2,1H3,(H4,22,23,26,28)(H2,24,25,27,31). The van der Waals surface area contributed by atoms with Crippen LogP contribution >= 0.6 is 23.1 Å². The van der Waals surface area contributed by atoms with Gasteiger partial charge in [0.25, 0.3) is 11.1 Å². The van der Waals surface area contributed by atoms with Crippen molar-refractivity contribution >= 4 is 40.1 Å². The van der Waals surface area contributed by atoms with Crippen molar-refractivity contribution in [3.63, 3.8) is 0 Å². The average molecular weight is 489 g/mol. The van der Waals surface area contributed by atoms with E-state index in [1.807, 2.05) is 11.4 Å². The molecule has 0 spiro atoms. The number of aromatic amines is 1. The zero-order chi connectivity index (χ0) is 23.6. The number of nitrogens with two attached hydrogens (primary N) is 2. The number of nitrogens with one attached hydrogen (secondary N) is 2. The van der Waals surface area contributed by atoms with Gasteiger partial charge in [-0.05, 0) is 18.1 Å². The maximum atomic E-state index is 12.4. The summed E-state index contributed by atoms with van der Waals surface area (Å²) in [7, 11) is 0. The monoisotopic (exact) mass is 488 g/mol. The molecule has 0 unspecified atom stereocenters. The van der Waals surface area contributed by atoms with Gasteiger partial charge >= 0.3 is 0 Å². The van der Waals surface area contributed by atoms with E-state index in [0.717, 1.165) is 35.6 Å². The van der Waals surface area contributed by atoms with E-state index < -0.39 is 0 Å². The number of nitrogens with zero attached hydrogens (tertiary/aromatic N) is 4. The quantitative estimate of drug-likeness (QED) is 0.171. The van der Waals surface area contributed by atoms with Crippen LogP contribution in [0.1, 0.15) is 36.6 Å². The number of thioether (sulfide) groups is 1. The fraction of sp³-hybridized carbons (Fsp3) is 0.381. The summed E-state index contributed by atoms with van der Waals surface area (Å²) in [5.74, 6) is 1.95. The van der Waals surface area contributed by atoms with Crippen LogP contribution in [-0.4, -0.2) is 37.8 Å². The molecular weight excluding hydrogens is 460 g/mol. The van der Waals surface area contributed by atoms with Crippen molar-refractivity contribution in [1.82, 2.24) is 19.5 Å². The molecular formula is C21H28N8O2S2. The van der Waals surface area contributed by atoms with E-state index >= 15 is 0 Å². The molecule has 0 aliphatic carbocycles. The highest BCUT2D eigenvalue weighted by atomic mass is 32.2. The fourth-order valence-corrected chi connectivity index (χ4v) is 4.53. The first-order valence-corrected chi connectivity index (χ1v) is 12.6. The van der Waals surface area contributed by atoms with Crippen LogP contribution in [0.2, 0.25) is 0 Å². The summed E-state index contributed by atoms with van der Waals surface area (Å²) in [6, 6.07) is 3.46. The lowest BCUT2D eigenvalue weighted by Crippen LogP contribution is -2.21. The molecule has 0 fully saturated rings. The molecule has 6 N–H and O–H groups in total. The van der Waals surface area contributed by atoms with Gasteiger partial charge in [-0.25, -0.2) is 9.97 Å². The first-order chi connectivity index (χ1) is 15.9. The van der Waals surface area contributed by atoms with Gasteiger partial charge in [0.1, 0.15) is 0 Å². The Hall–Kier alpha value is -3.12. The zero-order valence-corrected chi connectivity index (χ0v) is 20.0. The second kappa shape index (κ2) is 12.2. The molecule has 0 atom stereocenters. The van der Waals surface area contributed by atoms with E-state index in [2.05, 4.69) is 32.2 Å². The number of unbranched alkanes of at least 4 members (excludes halogenated alkanes) is 1. The molecule has 33 heavy (non-hydrogen) atoms. The number of hydrogen-bond donors (Lipinski definition) is 4. The number of H-pyrrole nitrogens is 1. The van der Waals surface area contributed by atoms with E-state index in [1.54, 1.807) is 34.8 Å². The number of thiazole rings is 1. The molecule has 12 heteroatoms. The Labute approximate surface area is 199 Å². The number of aryl methyl sites for hydroxylation is 1. The minimum Gasteiger partial charge on any atom is -0.370 e. The van der Waals surface area contributed by atoms with Crippen LogP contribution in [-0.2, 0) is 18.7 Å². The maximum Gasteiger partial charge on any atom is 0.255 e. The smallest absolute Gasteiger partial charge is 0.255 e. The minimum absolute atomic E-state index is 0.00487. The van der Waals surface area contributed by atoms with Gasteiger partial charge in [0.15, 0.2) is 5.96 Å². The summed E-state index contributed by atoms with van der Waals surface area (Å²) in [6.45, 7) is 3.43. The molecule has 10 nitrogen and oxygen atoms in total. The Morgan fingerprint density at radius 3 is 2.94 bits per heavy atom. The molecule has 0 saturated carbocycles. The van der Waals surface area contributed by atoms with Gasteiger partial charge in [-0.15, -0.1) is 11.3 Å². The van der Waals surface area contributed by atoms with Crippen LogP contribution < -0.4 is 27.9 Å². The lowest BCUT2D eigenvalue weighted by atomic mass is 10.1. The molecule has 0 radical (unpaired) electrons. The van der Waals surface area contributed by atoms with Crippen molar-refractivity contribution in [2.45, 2.75) is 38.5 Å². The third-order valence-corrected chi connectivity index (χ3v) is 6.41. The summed E-state index contributed by atoms with van der Waals surface area (Å²) in [4.78, 5) is 40.0. The fourth-order valence-electron chi connectivity index (χ4n) is 2.97. The summed E-state index contributed by atoms with van der Waals surface area (Å²) in [5, 5.41) is 5.59. The Bertz CT molecular complexity index is 1200. The number of anilines is 1. The second-order valence-corrected chi connectivity index (χ2v) is 9.26. The van der Waals surface area contributed by atoms with Gasteiger partial charge in [-0.3, -0.25) is 14.6 Å². The molecule has 0 aliphatic heterocycles. The average Bonchev–Trinajstić information content (AvgIpc) is 3.21. The lowest BCUT2D eigenvalue weighted by molar-refractivity contribution is 0.612. The highest BCUT2D eigenvalue weighted by molar-refractivity contribution is 7.98. The number of pyridine rings is 1. The Morgan fingerprint density at radius 2 is 2.21 bits per heavy atom. The van der Waals surface area contributed by atoms with E-state index in [9.17, 15) is 9.59 Å². The highest BCUT2D eigenvalue weighted by Gasteiger charge is 2.06. The van der Waals surface area contributed by atoms with E-state index in [-0.39, 0.29) is 17.1 Å². The summed E-state index contributed by atoms with van der Waals surface area (Å²) >= 11 is 3.08. The number of hydrogen-bond acceptors (Lipinski definition) is 8. The molecule has 176 valence electrons. The summed E-state index contributed by atoms with van der Waals surface area (Å²) in [6.07, 6.45) is 5.69. The SMILES string of the molecule is CCCCn1ccc(Cc2cnc(NCCSCc3csc(N=C(N)N)n3)[nH]c2=O)cc1=O. The molecule has 3 rings (SSSR count). The van der Waals surface area contributed by atoms with Gasteiger partial charge in [-0.2, -0.15) is 16.8 Å². The van der Waals surface area contributed by atoms with Gasteiger partial charge in [0.05, 0.1) is 5.69 Å². The normalized spacial score (nSPS) is 10.8. The number of rotatable bonds is 12. The number of guanidine groups is 1. The molecule has 0 bridgehead atoms. The Balaban J connectivity index is 1.46. The molecule has 0 aromatic carbocycles. The van der Waals surface area contributed by atoms with Crippen molar-refractivity contribution in [3.05, 3.63) is 67.4 Å². The van der Waals surface area contributed by atoms with E-state index in [1.165, 1.54) is 11.3 Å². The van der Waals surface area contributed by atoms with Crippen LogP contribution in [0.15, 0.2) is 44.5 Å². The minimum atomic E-state index is -0.218. The molecule has 3 aromatic heterocycles. The number of aromatic nitrogens is 4. The summed E-state index contributed by atoms with van der Waals surface area (Å²) in [5.41, 5.74) is 12.7. The number of aliphatic imine (C=N–C) groups is 1. The second-order valence-electron chi connectivity index (χ2n) is 7.32. The van der Waals surface area contributed by atoms with Crippen molar-refractivity contribution in [1.29, 1.82) is 0 Å². The third-order valence-electron chi connectivity index (χ3n) is 4.63. The highest BCUT2D eigenvalue weighted by Crippen LogP contribution is 2.21. The maximum absolute atomic E-state index is 12.4. The van der Waals surface area contributed by atoms with E-state index in [0.29, 0.717) is 36.2 Å². The van der Waals surface area contributed by atoms with Crippen LogP contribution in [0.5, 0.6) is 0 Å². The Kier molecular flexibility index (Phi) is 9.07. The van der Waals surface area contributed by atoms with Crippen molar-refractivity contribution < 1.29 is 0 Å². The van der Waals surface area contributed by atoms with Crippen LogP contribution in [0.25, 0.3) is 0 Å². The van der Waals surface area contributed by atoms with Gasteiger partial charge in [0.2, 0.25) is 11.1 Å². The summed E-state index contributed by atoms with van der Waals surface area (Å²) < 4.78 is 1.69. The topological polar surface area (TPSA) is 157 Å². The predicted octanol–water partition coefficient (Wildman–Crippen LogP) is 2.03.